The molecule has 2 heteroatoms. The molecule has 0 aromatic heterocycles. The van der Waals surface area contributed by atoms with Crippen LogP contribution in [0.4, 0.5) is 0 Å². The third-order valence-corrected chi connectivity index (χ3v) is 1.22. The van der Waals surface area contributed by atoms with E-state index in [4.69, 9.17) is 11.3 Å². The molecular weight excluding hydrogens is 213 g/mol. The van der Waals surface area contributed by atoms with E-state index in [1.54, 1.807) is 13.2 Å². The largest absolute Gasteiger partial charge is 0.540 e. The van der Waals surface area contributed by atoms with Gasteiger partial charge in [-0.15, -0.1) is 12.1 Å². The van der Waals surface area contributed by atoms with E-state index in [1.165, 1.54) is 6.08 Å². The third kappa shape index (κ3) is 3.17. The summed E-state index contributed by atoms with van der Waals surface area (Å²) in [5.74, 6) is 0.797. The first kappa shape index (κ1) is 10.9. The minimum Gasteiger partial charge on any atom is -0.540 e. The van der Waals surface area contributed by atoms with Gasteiger partial charge in [-0.2, -0.15) is 0 Å². The average Bonchev–Trinajstić information content (AvgIpc) is 2.05. The molecule has 0 heterocycles. The zero-order valence-corrected chi connectivity index (χ0v) is 9.21. The molecule has 1 rings (SSSR count). The van der Waals surface area contributed by atoms with E-state index in [-0.39, 0.29) is 32.7 Å². The van der Waals surface area contributed by atoms with E-state index in [0.717, 1.165) is 11.3 Å². The van der Waals surface area contributed by atoms with Crippen LogP contribution in [0, 0.1) is 12.6 Å². The van der Waals surface area contributed by atoms with Gasteiger partial charge in [-0.1, -0.05) is 0 Å². The first-order chi connectivity index (χ1) is 4.86. The molecule has 0 fully saturated rings. The molecule has 1 aromatic rings. The van der Waals surface area contributed by atoms with Crippen molar-refractivity contribution in [3.05, 3.63) is 36.4 Å². The Labute approximate surface area is 92.3 Å². The molecule has 0 atom stereocenters. The topological polar surface area (TPSA) is 9.23 Å². The van der Waals surface area contributed by atoms with E-state index in [1.807, 2.05) is 12.1 Å². The van der Waals surface area contributed by atoms with Gasteiger partial charge in [0.05, 0.1) is 7.11 Å². The molecule has 0 spiro atoms. The Hall–Kier alpha value is -0.136. The molecule has 0 aliphatic heterocycles. The maximum Gasteiger partial charge on any atom is 0.0647 e. The molecule has 55 valence electrons. The van der Waals surface area contributed by atoms with Crippen molar-refractivity contribution in [3.63, 3.8) is 0 Å². The molecule has 0 unspecified atom stereocenters. The summed E-state index contributed by atoms with van der Waals surface area (Å²) in [6.45, 7) is 5.24. The van der Waals surface area contributed by atoms with Gasteiger partial charge in [-0.05, 0) is 0 Å². The van der Waals surface area contributed by atoms with Gasteiger partial charge in [-0.25, -0.2) is 12.1 Å². The fourth-order valence-corrected chi connectivity index (χ4v) is 0.653. The van der Waals surface area contributed by atoms with Gasteiger partial charge in [0.2, 0.25) is 0 Å². The van der Waals surface area contributed by atoms with Crippen LogP contribution in [-0.4, -0.2) is 7.11 Å². The quantitative estimate of drug-likeness (QED) is 0.693. The van der Waals surface area contributed by atoms with E-state index >= 15 is 0 Å². The van der Waals surface area contributed by atoms with Crippen LogP contribution in [-0.2, 0) is 32.7 Å². The van der Waals surface area contributed by atoms with Crippen molar-refractivity contribution in [2.45, 2.75) is 0 Å². The van der Waals surface area contributed by atoms with Crippen LogP contribution in [0.25, 0.3) is 6.08 Å². The number of ether oxygens (including phenoxy) is 1. The summed E-state index contributed by atoms with van der Waals surface area (Å²) in [7, 11) is 1.62. The smallest absolute Gasteiger partial charge is 0.0647 e. The van der Waals surface area contributed by atoms with Crippen LogP contribution in [0.15, 0.2) is 18.2 Å². The van der Waals surface area contributed by atoms with Gasteiger partial charge in [-0.3, -0.25) is 0 Å². The summed E-state index contributed by atoms with van der Waals surface area (Å²) in [4.78, 5) is 0. The Balaban J connectivity index is 0.000001000. The summed E-state index contributed by atoms with van der Waals surface area (Å²) in [6.07, 6.45) is 1.50. The summed E-state index contributed by atoms with van der Waals surface area (Å²) in [5.41, 5.74) is 0.876. The summed E-state index contributed by atoms with van der Waals surface area (Å²) < 4.78 is 4.93. The van der Waals surface area contributed by atoms with Crippen molar-refractivity contribution in [2.75, 3.05) is 7.11 Å². The maximum absolute atomic E-state index is 5.24. The van der Waals surface area contributed by atoms with Crippen molar-refractivity contribution < 1.29 is 37.4 Å². The second-order valence-corrected chi connectivity index (χ2v) is 1.85. The maximum atomic E-state index is 5.24. The SMILES string of the molecule is [CH-]=Cc1[c-]cc(OC)cc1.[Y]. The number of rotatable bonds is 2. The predicted molar refractivity (Wildman–Crippen MR) is 40.6 cm³/mol. The Morgan fingerprint density at radius 3 is 2.64 bits per heavy atom. The van der Waals surface area contributed by atoms with Crippen molar-refractivity contribution in [3.8, 4) is 5.75 Å². The summed E-state index contributed by atoms with van der Waals surface area (Å²) in [5, 5.41) is 0. The van der Waals surface area contributed by atoms with Crippen LogP contribution in [0.1, 0.15) is 5.56 Å². The molecular formula is C9H8OY-2. The van der Waals surface area contributed by atoms with Crippen LogP contribution in [0.3, 0.4) is 0 Å². The Kier molecular flexibility index (Phi) is 5.44. The second kappa shape index (κ2) is 5.51. The molecule has 0 aliphatic carbocycles. The Bertz CT molecular complexity index is 216. The van der Waals surface area contributed by atoms with Gasteiger partial charge in [0.25, 0.3) is 0 Å². The Morgan fingerprint density at radius 2 is 2.27 bits per heavy atom. The van der Waals surface area contributed by atoms with E-state index in [9.17, 15) is 0 Å². The molecule has 0 saturated heterocycles. The summed E-state index contributed by atoms with van der Waals surface area (Å²) in [6, 6.07) is 8.37. The molecule has 1 nitrogen and oxygen atoms in total. The van der Waals surface area contributed by atoms with Gasteiger partial charge in [0.15, 0.2) is 0 Å². The van der Waals surface area contributed by atoms with Crippen molar-refractivity contribution in [2.24, 2.45) is 0 Å². The van der Waals surface area contributed by atoms with Crippen LogP contribution < -0.4 is 4.74 Å². The van der Waals surface area contributed by atoms with E-state index in [0.29, 0.717) is 0 Å². The van der Waals surface area contributed by atoms with Crippen molar-refractivity contribution in [1.82, 2.24) is 0 Å². The van der Waals surface area contributed by atoms with Gasteiger partial charge in [0.1, 0.15) is 0 Å². The third-order valence-electron chi connectivity index (χ3n) is 1.22. The fraction of sp³-hybridized carbons (Fsp3) is 0.111. The van der Waals surface area contributed by atoms with Crippen molar-refractivity contribution >= 4 is 6.08 Å². The number of hydrogen-bond acceptors (Lipinski definition) is 1. The molecule has 0 aliphatic rings. The Morgan fingerprint density at radius 1 is 1.55 bits per heavy atom. The van der Waals surface area contributed by atoms with Crippen LogP contribution >= 0.6 is 0 Å². The zero-order chi connectivity index (χ0) is 7.40. The van der Waals surface area contributed by atoms with Crippen LogP contribution in [0.2, 0.25) is 0 Å². The molecule has 0 saturated carbocycles. The average molecular weight is 221 g/mol. The number of benzene rings is 1. The van der Waals surface area contributed by atoms with E-state index < -0.39 is 0 Å². The normalized spacial score (nSPS) is 8.09. The summed E-state index contributed by atoms with van der Waals surface area (Å²) >= 11 is 0. The molecule has 1 aromatic carbocycles. The van der Waals surface area contributed by atoms with Crippen molar-refractivity contribution in [1.29, 1.82) is 0 Å². The fourth-order valence-electron chi connectivity index (χ4n) is 0.653. The first-order valence-corrected chi connectivity index (χ1v) is 2.97. The van der Waals surface area contributed by atoms with E-state index in [2.05, 4.69) is 6.07 Å². The molecule has 0 N–H and O–H groups in total. The molecule has 0 amide bonds. The van der Waals surface area contributed by atoms with Gasteiger partial charge >= 0.3 is 0 Å². The number of methoxy groups -OCH3 is 1. The predicted octanol–water partition coefficient (Wildman–Crippen LogP) is 1.94. The number of hydrogen-bond donors (Lipinski definition) is 0. The minimum atomic E-state index is 0. The zero-order valence-electron chi connectivity index (χ0n) is 6.37. The minimum absolute atomic E-state index is 0. The first-order valence-electron chi connectivity index (χ1n) is 2.97. The van der Waals surface area contributed by atoms with Crippen LogP contribution in [0.5, 0.6) is 5.75 Å². The second-order valence-electron chi connectivity index (χ2n) is 1.85. The molecule has 1 radical (unpaired) electrons. The monoisotopic (exact) mass is 221 g/mol. The van der Waals surface area contributed by atoms with Gasteiger partial charge in [0, 0.05) is 38.5 Å². The standard InChI is InChI=1S/C9H8O.Y/c1-3-8-4-6-9(10-2)7-5-8;/h1,3-4,6-7H,2H3;/q-2;. The molecule has 11 heavy (non-hydrogen) atoms. The molecule has 0 bridgehead atoms. The van der Waals surface area contributed by atoms with Gasteiger partial charge < -0.3 is 23.0 Å².